The Morgan fingerprint density at radius 2 is 1.95 bits per heavy atom. The molecule has 2 rings (SSSR count). The van der Waals surface area contributed by atoms with Crippen LogP contribution in [0.15, 0.2) is 35.7 Å². The molecule has 0 bridgehead atoms. The summed E-state index contributed by atoms with van der Waals surface area (Å²) in [6, 6.07) is 4.40. The minimum atomic E-state index is -0.657. The molecule has 0 aliphatic heterocycles. The van der Waals surface area contributed by atoms with Crippen LogP contribution in [-0.4, -0.2) is 20.8 Å². The normalized spacial score (nSPS) is 12.4. The lowest BCUT2D eigenvalue weighted by atomic mass is 10.0. The summed E-state index contributed by atoms with van der Waals surface area (Å²) in [5.74, 6) is 0.151. The average Bonchev–Trinajstić information content (AvgIpc) is 2.37. The molecule has 0 aliphatic rings. The maximum atomic E-state index is 13.0. The summed E-state index contributed by atoms with van der Waals surface area (Å²) in [6.07, 6.45) is 2.82. The Labute approximate surface area is 115 Å². The Bertz CT molecular complexity index is 560. The molecule has 0 spiro atoms. The zero-order valence-electron chi connectivity index (χ0n) is 10.8. The molecular weight excluding hydrogens is 263 g/mol. The number of hydrogen-bond acceptors (Lipinski definition) is 4. The van der Waals surface area contributed by atoms with E-state index in [1.807, 2.05) is 6.92 Å². The molecule has 1 aromatic heterocycles. The summed E-state index contributed by atoms with van der Waals surface area (Å²) in [5, 5.41) is 10.7. The van der Waals surface area contributed by atoms with Crippen molar-refractivity contribution in [1.82, 2.24) is 9.97 Å². The second-order valence-electron chi connectivity index (χ2n) is 4.37. The minimum absolute atomic E-state index is 0.289. The van der Waals surface area contributed by atoms with E-state index in [9.17, 15) is 9.50 Å². The van der Waals surface area contributed by atoms with Crippen molar-refractivity contribution in [2.45, 2.75) is 25.1 Å². The van der Waals surface area contributed by atoms with E-state index < -0.39 is 6.10 Å². The highest BCUT2D eigenvalue weighted by atomic mass is 32.2. The lowest BCUT2D eigenvalue weighted by Gasteiger charge is -2.12. The third-order valence-corrected chi connectivity index (χ3v) is 3.67. The van der Waals surface area contributed by atoms with Gasteiger partial charge in [-0.1, -0.05) is 17.8 Å². The minimum Gasteiger partial charge on any atom is -0.388 e. The molecule has 0 aliphatic carbocycles. The summed E-state index contributed by atoms with van der Waals surface area (Å²) < 4.78 is 13.0. The predicted octanol–water partition coefficient (Wildman–Crippen LogP) is 3.06. The second-order valence-corrected chi connectivity index (χ2v) is 5.36. The van der Waals surface area contributed by atoms with Crippen molar-refractivity contribution in [3.05, 3.63) is 53.1 Å². The highest BCUT2D eigenvalue weighted by molar-refractivity contribution is 7.99. The number of nitrogens with zero attached hydrogens (tertiary/aromatic N) is 2. The Balaban J connectivity index is 2.01. The van der Waals surface area contributed by atoms with E-state index >= 15 is 0 Å². The van der Waals surface area contributed by atoms with Gasteiger partial charge in [0.1, 0.15) is 5.82 Å². The molecule has 3 nitrogen and oxygen atoms in total. The van der Waals surface area contributed by atoms with E-state index in [4.69, 9.17) is 0 Å². The van der Waals surface area contributed by atoms with Crippen LogP contribution in [0.1, 0.15) is 22.8 Å². The summed E-state index contributed by atoms with van der Waals surface area (Å²) in [4.78, 5) is 8.32. The lowest BCUT2D eigenvalue weighted by Crippen LogP contribution is -2.04. The van der Waals surface area contributed by atoms with E-state index in [1.165, 1.54) is 23.9 Å². The molecule has 0 saturated carbocycles. The van der Waals surface area contributed by atoms with Gasteiger partial charge < -0.3 is 5.11 Å². The number of aliphatic hydroxyl groups excluding tert-OH is 1. The lowest BCUT2D eigenvalue weighted by molar-refractivity contribution is 0.203. The molecule has 2 aromatic rings. The summed E-state index contributed by atoms with van der Waals surface area (Å²) in [5.41, 5.74) is 2.48. The van der Waals surface area contributed by atoms with Crippen LogP contribution >= 0.6 is 11.8 Å². The molecule has 0 radical (unpaired) electrons. The molecule has 1 aromatic carbocycles. The van der Waals surface area contributed by atoms with Gasteiger partial charge in [0.2, 0.25) is 0 Å². The fourth-order valence-corrected chi connectivity index (χ4v) is 2.45. The quantitative estimate of drug-likeness (QED) is 0.689. The molecule has 5 heteroatoms. The summed E-state index contributed by atoms with van der Waals surface area (Å²) >= 11 is 1.38. The number of hydrogen-bond donors (Lipinski definition) is 1. The molecular formula is C14H15FN2OS. The SMILES string of the molecule is Cc1cnc(SCC(O)c2ccc(F)cc2C)nc1. The Morgan fingerprint density at radius 1 is 1.26 bits per heavy atom. The summed E-state index contributed by atoms with van der Waals surface area (Å²) in [6.45, 7) is 3.71. The van der Waals surface area contributed by atoms with Crippen LogP contribution in [0.4, 0.5) is 4.39 Å². The van der Waals surface area contributed by atoms with Crippen molar-refractivity contribution in [2.75, 3.05) is 5.75 Å². The molecule has 0 fully saturated rings. The van der Waals surface area contributed by atoms with Crippen LogP contribution in [0.2, 0.25) is 0 Å². The van der Waals surface area contributed by atoms with Crippen LogP contribution in [0.5, 0.6) is 0 Å². The molecule has 0 amide bonds. The number of benzene rings is 1. The van der Waals surface area contributed by atoms with Crippen LogP contribution in [-0.2, 0) is 0 Å². The fourth-order valence-electron chi connectivity index (χ4n) is 1.71. The van der Waals surface area contributed by atoms with Crippen molar-refractivity contribution in [3.8, 4) is 0 Å². The number of thioether (sulfide) groups is 1. The fraction of sp³-hybridized carbons (Fsp3) is 0.286. The first-order valence-corrected chi connectivity index (χ1v) is 6.90. The van der Waals surface area contributed by atoms with Crippen molar-refractivity contribution in [1.29, 1.82) is 0 Å². The first-order chi connectivity index (χ1) is 9.06. The number of aliphatic hydroxyl groups is 1. The van der Waals surface area contributed by atoms with E-state index in [0.29, 0.717) is 10.9 Å². The van der Waals surface area contributed by atoms with Gasteiger partial charge in [-0.25, -0.2) is 14.4 Å². The van der Waals surface area contributed by atoms with Crippen molar-refractivity contribution in [2.24, 2.45) is 0 Å². The highest BCUT2D eigenvalue weighted by Crippen LogP contribution is 2.24. The van der Waals surface area contributed by atoms with Crippen molar-refractivity contribution >= 4 is 11.8 Å². The maximum Gasteiger partial charge on any atom is 0.187 e. The molecule has 19 heavy (non-hydrogen) atoms. The smallest absolute Gasteiger partial charge is 0.187 e. The molecule has 100 valence electrons. The van der Waals surface area contributed by atoms with E-state index in [1.54, 1.807) is 25.4 Å². The topological polar surface area (TPSA) is 46.0 Å². The first-order valence-electron chi connectivity index (χ1n) is 5.92. The second kappa shape index (κ2) is 6.12. The number of rotatable bonds is 4. The van der Waals surface area contributed by atoms with E-state index in [2.05, 4.69) is 9.97 Å². The van der Waals surface area contributed by atoms with Gasteiger partial charge in [-0.2, -0.15) is 0 Å². The van der Waals surface area contributed by atoms with Gasteiger partial charge in [0, 0.05) is 18.1 Å². The van der Waals surface area contributed by atoms with Gasteiger partial charge in [0.15, 0.2) is 5.16 Å². The monoisotopic (exact) mass is 278 g/mol. The van der Waals surface area contributed by atoms with Gasteiger partial charge in [-0.3, -0.25) is 0 Å². The van der Waals surface area contributed by atoms with Gasteiger partial charge in [0.05, 0.1) is 6.10 Å². The third kappa shape index (κ3) is 3.75. The number of aryl methyl sites for hydroxylation is 2. The molecule has 1 unspecified atom stereocenters. The maximum absolute atomic E-state index is 13.0. The Morgan fingerprint density at radius 3 is 2.58 bits per heavy atom. The molecule has 1 N–H and O–H groups in total. The first kappa shape index (κ1) is 14.0. The van der Waals surface area contributed by atoms with Crippen LogP contribution in [0, 0.1) is 19.7 Å². The van der Waals surface area contributed by atoms with Crippen molar-refractivity contribution < 1.29 is 9.50 Å². The largest absolute Gasteiger partial charge is 0.388 e. The summed E-state index contributed by atoms with van der Waals surface area (Å²) in [7, 11) is 0. The molecule has 1 heterocycles. The molecule has 1 atom stereocenters. The standard InChI is InChI=1S/C14H15FN2OS/c1-9-6-16-14(17-7-9)19-8-13(18)12-4-3-11(15)5-10(12)2/h3-7,13,18H,8H2,1-2H3. The van der Waals surface area contributed by atoms with Crippen molar-refractivity contribution in [3.63, 3.8) is 0 Å². The van der Waals surface area contributed by atoms with Crippen LogP contribution in [0.25, 0.3) is 0 Å². The van der Waals surface area contributed by atoms with E-state index in [0.717, 1.165) is 16.7 Å². The van der Waals surface area contributed by atoms with Gasteiger partial charge in [0.25, 0.3) is 0 Å². The van der Waals surface area contributed by atoms with Crippen LogP contribution in [0.3, 0.4) is 0 Å². The zero-order valence-corrected chi connectivity index (χ0v) is 11.6. The van der Waals surface area contributed by atoms with E-state index in [-0.39, 0.29) is 5.82 Å². The average molecular weight is 278 g/mol. The zero-order chi connectivity index (χ0) is 13.8. The highest BCUT2D eigenvalue weighted by Gasteiger charge is 2.12. The molecule has 0 saturated heterocycles. The predicted molar refractivity (Wildman–Crippen MR) is 73.6 cm³/mol. The van der Waals surface area contributed by atoms with Gasteiger partial charge >= 0.3 is 0 Å². The number of aromatic nitrogens is 2. The Hall–Kier alpha value is -1.46. The number of halogens is 1. The van der Waals surface area contributed by atoms with Gasteiger partial charge in [-0.15, -0.1) is 0 Å². The Kier molecular flexibility index (Phi) is 4.50. The third-order valence-electron chi connectivity index (χ3n) is 2.72. The van der Waals surface area contributed by atoms with Gasteiger partial charge in [-0.05, 0) is 42.7 Å². The van der Waals surface area contributed by atoms with Crippen LogP contribution < -0.4 is 0 Å².